The van der Waals surface area contributed by atoms with E-state index < -0.39 is 0 Å². The summed E-state index contributed by atoms with van der Waals surface area (Å²) < 4.78 is 4.76. The molecule has 0 bridgehead atoms. The number of hydrogen-bond acceptors (Lipinski definition) is 4. The SMILES string of the molecule is COC(=O)C1CC(=O)N([C@H]2CCCC[C@@H]2N(C)C)C1. The molecule has 0 radical (unpaired) electrons. The normalized spacial score (nSPS) is 31.9. The van der Waals surface area contributed by atoms with E-state index in [4.69, 9.17) is 4.74 Å². The van der Waals surface area contributed by atoms with Crippen LogP contribution in [-0.4, -0.2) is 61.5 Å². The third-order valence-corrected chi connectivity index (χ3v) is 4.45. The van der Waals surface area contributed by atoms with E-state index >= 15 is 0 Å². The zero-order valence-electron chi connectivity index (χ0n) is 12.1. The van der Waals surface area contributed by atoms with Crippen molar-refractivity contribution in [3.63, 3.8) is 0 Å². The van der Waals surface area contributed by atoms with E-state index in [1.807, 2.05) is 4.90 Å². The van der Waals surface area contributed by atoms with Crippen LogP contribution in [0.15, 0.2) is 0 Å². The van der Waals surface area contributed by atoms with Crippen molar-refractivity contribution in [2.24, 2.45) is 5.92 Å². The van der Waals surface area contributed by atoms with Gasteiger partial charge < -0.3 is 14.5 Å². The minimum absolute atomic E-state index is 0.106. The van der Waals surface area contributed by atoms with Crippen molar-refractivity contribution in [1.82, 2.24) is 9.80 Å². The maximum atomic E-state index is 12.2. The second-order valence-electron chi connectivity index (χ2n) is 5.85. The number of methoxy groups -OCH3 is 1. The van der Waals surface area contributed by atoms with Crippen molar-refractivity contribution < 1.29 is 14.3 Å². The highest BCUT2D eigenvalue weighted by molar-refractivity contribution is 5.87. The summed E-state index contributed by atoms with van der Waals surface area (Å²) in [7, 11) is 5.53. The van der Waals surface area contributed by atoms with Crippen LogP contribution in [-0.2, 0) is 14.3 Å². The van der Waals surface area contributed by atoms with E-state index in [2.05, 4.69) is 19.0 Å². The molecule has 2 fully saturated rings. The molecule has 1 saturated heterocycles. The quantitative estimate of drug-likeness (QED) is 0.713. The number of esters is 1. The Balaban J connectivity index is 2.07. The molecule has 108 valence electrons. The Morgan fingerprint density at radius 1 is 1.32 bits per heavy atom. The fraction of sp³-hybridized carbons (Fsp3) is 0.857. The number of ether oxygens (including phenoxy) is 1. The molecule has 1 heterocycles. The van der Waals surface area contributed by atoms with Crippen molar-refractivity contribution in [1.29, 1.82) is 0 Å². The largest absolute Gasteiger partial charge is 0.469 e. The fourth-order valence-electron chi connectivity index (χ4n) is 3.43. The number of rotatable bonds is 3. The summed E-state index contributed by atoms with van der Waals surface area (Å²) in [5.41, 5.74) is 0. The van der Waals surface area contributed by atoms with E-state index in [9.17, 15) is 9.59 Å². The zero-order valence-corrected chi connectivity index (χ0v) is 12.1. The molecule has 1 unspecified atom stereocenters. The first-order valence-corrected chi connectivity index (χ1v) is 7.08. The first-order chi connectivity index (χ1) is 9.04. The number of carbonyl (C=O) groups is 2. The minimum Gasteiger partial charge on any atom is -0.469 e. The number of carbonyl (C=O) groups excluding carboxylic acids is 2. The molecular formula is C14H24N2O3. The van der Waals surface area contributed by atoms with E-state index in [0.29, 0.717) is 19.0 Å². The Kier molecular flexibility index (Phi) is 4.45. The van der Waals surface area contributed by atoms with E-state index in [0.717, 1.165) is 12.8 Å². The summed E-state index contributed by atoms with van der Waals surface area (Å²) in [5.74, 6) is -0.426. The highest BCUT2D eigenvalue weighted by Gasteiger charge is 2.42. The zero-order chi connectivity index (χ0) is 14.0. The van der Waals surface area contributed by atoms with Gasteiger partial charge in [0, 0.05) is 25.0 Å². The smallest absolute Gasteiger partial charge is 0.310 e. The van der Waals surface area contributed by atoms with Crippen LogP contribution in [0.3, 0.4) is 0 Å². The first kappa shape index (κ1) is 14.3. The van der Waals surface area contributed by atoms with Gasteiger partial charge >= 0.3 is 5.97 Å². The Hall–Kier alpha value is -1.10. The van der Waals surface area contributed by atoms with E-state index in [-0.39, 0.29) is 23.8 Å². The lowest BCUT2D eigenvalue weighted by Crippen LogP contribution is -2.52. The highest BCUT2D eigenvalue weighted by atomic mass is 16.5. The number of amides is 1. The molecule has 5 nitrogen and oxygen atoms in total. The predicted molar refractivity (Wildman–Crippen MR) is 71.6 cm³/mol. The summed E-state index contributed by atoms with van der Waals surface area (Å²) in [5, 5.41) is 0. The predicted octanol–water partition coefficient (Wildman–Crippen LogP) is 0.881. The number of likely N-dealkylation sites (tertiary alicyclic amines) is 1. The van der Waals surface area contributed by atoms with Gasteiger partial charge in [-0.25, -0.2) is 0 Å². The van der Waals surface area contributed by atoms with Gasteiger partial charge in [-0.3, -0.25) is 9.59 Å². The summed E-state index contributed by atoms with van der Waals surface area (Å²) in [6.45, 7) is 0.528. The molecule has 19 heavy (non-hydrogen) atoms. The molecule has 1 saturated carbocycles. The van der Waals surface area contributed by atoms with Crippen LogP contribution in [0, 0.1) is 5.92 Å². The molecular weight excluding hydrogens is 244 g/mol. The standard InChI is InChI=1S/C14H24N2O3/c1-15(2)11-6-4-5-7-12(11)16-9-10(8-13(16)17)14(18)19-3/h10-12H,4-9H2,1-3H3/t10?,11-,12-/m0/s1. The second kappa shape index (κ2) is 5.90. The van der Waals surface area contributed by atoms with Crippen molar-refractivity contribution >= 4 is 11.9 Å². The van der Waals surface area contributed by atoms with Crippen LogP contribution in [0.25, 0.3) is 0 Å². The number of likely N-dealkylation sites (N-methyl/N-ethyl adjacent to an activating group) is 1. The van der Waals surface area contributed by atoms with Gasteiger partial charge in [0.1, 0.15) is 0 Å². The topological polar surface area (TPSA) is 49.9 Å². The fourth-order valence-corrected chi connectivity index (χ4v) is 3.43. The highest BCUT2D eigenvalue weighted by Crippen LogP contribution is 2.31. The van der Waals surface area contributed by atoms with E-state index in [1.165, 1.54) is 20.0 Å². The molecule has 3 atom stereocenters. The van der Waals surface area contributed by atoms with Gasteiger partial charge in [0.25, 0.3) is 0 Å². The maximum Gasteiger partial charge on any atom is 0.310 e. The van der Waals surface area contributed by atoms with Gasteiger partial charge in [-0.2, -0.15) is 0 Å². The summed E-state index contributed by atoms with van der Waals surface area (Å²) in [4.78, 5) is 27.9. The third kappa shape index (κ3) is 2.91. The van der Waals surface area contributed by atoms with Gasteiger partial charge in [-0.15, -0.1) is 0 Å². The van der Waals surface area contributed by atoms with Gasteiger partial charge in [0.15, 0.2) is 0 Å². The molecule has 0 aromatic rings. The van der Waals surface area contributed by atoms with Crippen molar-refractivity contribution in [2.75, 3.05) is 27.7 Å². The summed E-state index contributed by atoms with van der Waals surface area (Å²) in [6, 6.07) is 0.667. The lowest BCUT2D eigenvalue weighted by atomic mass is 9.88. The van der Waals surface area contributed by atoms with Gasteiger partial charge in [-0.05, 0) is 26.9 Å². The summed E-state index contributed by atoms with van der Waals surface area (Å²) >= 11 is 0. The Bertz CT molecular complexity index is 357. The van der Waals surface area contributed by atoms with Crippen LogP contribution in [0.4, 0.5) is 0 Å². The Labute approximate surface area is 114 Å². The summed E-state index contributed by atoms with van der Waals surface area (Å²) in [6.07, 6.45) is 4.87. The maximum absolute atomic E-state index is 12.2. The minimum atomic E-state index is -0.276. The van der Waals surface area contributed by atoms with Gasteiger partial charge in [0.2, 0.25) is 5.91 Å². The van der Waals surface area contributed by atoms with Crippen molar-refractivity contribution in [2.45, 2.75) is 44.2 Å². The molecule has 5 heteroatoms. The Morgan fingerprint density at radius 2 is 2.00 bits per heavy atom. The van der Waals surface area contributed by atoms with Gasteiger partial charge in [-0.1, -0.05) is 12.8 Å². The third-order valence-electron chi connectivity index (χ3n) is 4.45. The molecule has 2 aliphatic rings. The molecule has 0 aromatic carbocycles. The van der Waals surface area contributed by atoms with Crippen LogP contribution in [0.2, 0.25) is 0 Å². The molecule has 0 aromatic heterocycles. The van der Waals surface area contributed by atoms with Crippen LogP contribution in [0.1, 0.15) is 32.1 Å². The lowest BCUT2D eigenvalue weighted by molar-refractivity contribution is -0.145. The molecule has 1 amide bonds. The first-order valence-electron chi connectivity index (χ1n) is 7.08. The van der Waals surface area contributed by atoms with Crippen LogP contribution < -0.4 is 0 Å². The number of nitrogens with zero attached hydrogens (tertiary/aromatic N) is 2. The second-order valence-corrected chi connectivity index (χ2v) is 5.85. The van der Waals surface area contributed by atoms with Crippen LogP contribution in [0.5, 0.6) is 0 Å². The Morgan fingerprint density at radius 3 is 2.63 bits per heavy atom. The molecule has 0 N–H and O–H groups in total. The lowest BCUT2D eigenvalue weighted by Gasteiger charge is -2.41. The van der Waals surface area contributed by atoms with Gasteiger partial charge in [0.05, 0.1) is 13.0 Å². The van der Waals surface area contributed by atoms with Crippen molar-refractivity contribution in [3.05, 3.63) is 0 Å². The average Bonchev–Trinajstić information content (AvgIpc) is 2.79. The van der Waals surface area contributed by atoms with E-state index in [1.54, 1.807) is 0 Å². The molecule has 2 rings (SSSR count). The number of hydrogen-bond donors (Lipinski definition) is 0. The molecule has 1 aliphatic heterocycles. The monoisotopic (exact) mass is 268 g/mol. The molecule has 1 aliphatic carbocycles. The average molecular weight is 268 g/mol. The van der Waals surface area contributed by atoms with Crippen LogP contribution >= 0.6 is 0 Å². The molecule has 0 spiro atoms. The van der Waals surface area contributed by atoms with Crippen molar-refractivity contribution in [3.8, 4) is 0 Å².